The number of piperidine rings is 1. The number of aliphatic hydroxyl groups is 1. The van der Waals surface area contributed by atoms with Gasteiger partial charge in [-0.25, -0.2) is 0 Å². The highest BCUT2D eigenvalue weighted by Gasteiger charge is 2.38. The Morgan fingerprint density at radius 1 is 1.29 bits per heavy atom. The van der Waals surface area contributed by atoms with E-state index >= 15 is 0 Å². The Morgan fingerprint density at radius 3 is 2.46 bits per heavy atom. The van der Waals surface area contributed by atoms with Gasteiger partial charge in [-0.1, -0.05) is 39.3 Å². The molecular weight excluding hydrogens is 350 g/mol. The monoisotopic (exact) mass is 391 g/mol. The second kappa shape index (κ2) is 12.8. The molecule has 1 aromatic rings. The standard InChI is InChI=1S/C20H32N2O.C3H9NO/c1-5-6-7-17-8-10-19(11-9-17)22-14-18(13-21-15-23)12-20(3,4)16(22)2;1-4-2-3-5/h8-11,15-16,18H,5-7,12-14H2,1-4H3,(H,21,23);4-5H,2-3H2,1H3. The molecule has 0 aromatic heterocycles. The molecule has 28 heavy (non-hydrogen) atoms. The first-order valence-electron chi connectivity index (χ1n) is 10.7. The normalized spacial score (nSPS) is 20.9. The minimum atomic E-state index is 0.233. The van der Waals surface area contributed by atoms with Crippen LogP contribution in [0.2, 0.25) is 0 Å². The molecule has 0 aliphatic carbocycles. The molecular formula is C23H41N3O2. The third-order valence-electron chi connectivity index (χ3n) is 5.81. The molecule has 1 amide bonds. The third kappa shape index (κ3) is 7.80. The molecule has 2 rings (SSSR count). The smallest absolute Gasteiger partial charge is 0.207 e. The second-order valence-electron chi connectivity index (χ2n) is 8.51. The summed E-state index contributed by atoms with van der Waals surface area (Å²) in [5.74, 6) is 0.506. The zero-order valence-corrected chi connectivity index (χ0v) is 18.5. The van der Waals surface area contributed by atoms with Gasteiger partial charge in [0.15, 0.2) is 0 Å². The lowest BCUT2D eigenvalue weighted by Gasteiger charge is -2.49. The van der Waals surface area contributed by atoms with Gasteiger partial charge in [0.2, 0.25) is 6.41 Å². The van der Waals surface area contributed by atoms with Crippen LogP contribution in [0.15, 0.2) is 24.3 Å². The van der Waals surface area contributed by atoms with E-state index in [2.05, 4.69) is 67.5 Å². The van der Waals surface area contributed by atoms with Crippen molar-refractivity contribution in [2.24, 2.45) is 11.3 Å². The zero-order valence-electron chi connectivity index (χ0n) is 18.5. The van der Waals surface area contributed by atoms with Crippen LogP contribution in [0.4, 0.5) is 5.69 Å². The van der Waals surface area contributed by atoms with Gasteiger partial charge in [0, 0.05) is 31.4 Å². The van der Waals surface area contributed by atoms with E-state index in [9.17, 15) is 4.79 Å². The van der Waals surface area contributed by atoms with Gasteiger partial charge >= 0.3 is 0 Å². The minimum Gasteiger partial charge on any atom is -0.395 e. The molecule has 5 nitrogen and oxygen atoms in total. The number of hydrogen-bond donors (Lipinski definition) is 3. The molecule has 1 saturated heterocycles. The minimum absolute atomic E-state index is 0.233. The van der Waals surface area contributed by atoms with Crippen molar-refractivity contribution in [2.75, 3.05) is 38.2 Å². The SMILES string of the molecule is CCCCc1ccc(N2CC(CNC=O)CC(C)(C)C2C)cc1.CNCCO. The lowest BCUT2D eigenvalue weighted by molar-refractivity contribution is -0.109. The van der Waals surface area contributed by atoms with Gasteiger partial charge in [0.25, 0.3) is 0 Å². The molecule has 0 saturated carbocycles. The molecule has 0 bridgehead atoms. The maximum absolute atomic E-state index is 10.6. The van der Waals surface area contributed by atoms with E-state index in [4.69, 9.17) is 5.11 Å². The summed E-state index contributed by atoms with van der Waals surface area (Å²) in [5, 5.41) is 13.6. The van der Waals surface area contributed by atoms with Crippen LogP contribution >= 0.6 is 0 Å². The fraction of sp³-hybridized carbons (Fsp3) is 0.696. The van der Waals surface area contributed by atoms with Crippen molar-refractivity contribution in [3.8, 4) is 0 Å². The molecule has 5 heteroatoms. The van der Waals surface area contributed by atoms with E-state index in [0.717, 1.165) is 25.9 Å². The molecule has 1 aromatic carbocycles. The number of nitrogens with one attached hydrogen (secondary N) is 2. The quantitative estimate of drug-likeness (QED) is 0.566. The molecule has 1 aliphatic heterocycles. The van der Waals surface area contributed by atoms with Crippen LogP contribution in [0, 0.1) is 11.3 Å². The average Bonchev–Trinajstić information content (AvgIpc) is 2.68. The van der Waals surface area contributed by atoms with E-state index in [1.807, 2.05) is 0 Å². The Balaban J connectivity index is 0.000000696. The number of unbranched alkanes of at least 4 members (excludes halogenated alkanes) is 1. The van der Waals surface area contributed by atoms with Crippen LogP contribution in [0.3, 0.4) is 0 Å². The van der Waals surface area contributed by atoms with E-state index in [1.54, 1.807) is 7.05 Å². The van der Waals surface area contributed by atoms with E-state index in [-0.39, 0.29) is 12.0 Å². The van der Waals surface area contributed by atoms with Crippen molar-refractivity contribution < 1.29 is 9.90 Å². The second-order valence-corrected chi connectivity index (χ2v) is 8.51. The Labute approximate surface area is 171 Å². The average molecular weight is 392 g/mol. The summed E-state index contributed by atoms with van der Waals surface area (Å²) in [6.07, 6.45) is 5.64. The first kappa shape index (κ1) is 24.4. The maximum Gasteiger partial charge on any atom is 0.207 e. The summed E-state index contributed by atoms with van der Waals surface area (Å²) in [6.45, 7) is 12.0. The number of hydrogen-bond acceptors (Lipinski definition) is 4. The number of aryl methyl sites for hydroxylation is 1. The van der Waals surface area contributed by atoms with Gasteiger partial charge in [0.1, 0.15) is 0 Å². The molecule has 0 radical (unpaired) electrons. The largest absolute Gasteiger partial charge is 0.395 e. The van der Waals surface area contributed by atoms with Gasteiger partial charge in [-0.3, -0.25) is 4.79 Å². The highest BCUT2D eigenvalue weighted by atomic mass is 16.3. The van der Waals surface area contributed by atoms with E-state index in [1.165, 1.54) is 30.5 Å². The lowest BCUT2D eigenvalue weighted by Crippen LogP contribution is -2.53. The fourth-order valence-corrected chi connectivity index (χ4v) is 3.86. The fourth-order valence-electron chi connectivity index (χ4n) is 3.86. The Hall–Kier alpha value is -1.59. The molecule has 1 fully saturated rings. The van der Waals surface area contributed by atoms with E-state index in [0.29, 0.717) is 18.5 Å². The number of anilines is 1. The predicted molar refractivity (Wildman–Crippen MR) is 119 cm³/mol. The topological polar surface area (TPSA) is 64.6 Å². The molecule has 0 spiro atoms. The van der Waals surface area contributed by atoms with Gasteiger partial charge in [-0.15, -0.1) is 0 Å². The van der Waals surface area contributed by atoms with Crippen molar-refractivity contribution in [3.05, 3.63) is 29.8 Å². The van der Waals surface area contributed by atoms with Crippen LogP contribution in [-0.2, 0) is 11.2 Å². The van der Waals surface area contributed by atoms with Crippen LogP contribution in [0.5, 0.6) is 0 Å². The maximum atomic E-state index is 10.6. The summed E-state index contributed by atoms with van der Waals surface area (Å²) in [6, 6.07) is 9.59. The number of likely N-dealkylation sites (N-methyl/N-ethyl adjacent to an activating group) is 1. The number of carbonyl (C=O) groups is 1. The van der Waals surface area contributed by atoms with Crippen LogP contribution in [0.25, 0.3) is 0 Å². The zero-order chi connectivity index (χ0) is 21.0. The molecule has 1 heterocycles. The van der Waals surface area contributed by atoms with Crippen molar-refractivity contribution in [3.63, 3.8) is 0 Å². The van der Waals surface area contributed by atoms with Crippen molar-refractivity contribution in [1.82, 2.24) is 10.6 Å². The number of carbonyl (C=O) groups excluding carboxylic acids is 1. The molecule has 2 atom stereocenters. The van der Waals surface area contributed by atoms with Crippen molar-refractivity contribution in [2.45, 2.75) is 59.4 Å². The molecule has 2 unspecified atom stereocenters. The number of rotatable bonds is 9. The van der Waals surface area contributed by atoms with Gasteiger partial charge in [-0.05, 0) is 62.3 Å². The summed E-state index contributed by atoms with van der Waals surface area (Å²) in [7, 11) is 1.80. The number of aliphatic hydroxyl groups excluding tert-OH is 1. The first-order chi connectivity index (χ1) is 13.4. The predicted octanol–water partition coefficient (Wildman–Crippen LogP) is 3.21. The highest BCUT2D eigenvalue weighted by molar-refractivity contribution is 5.50. The van der Waals surface area contributed by atoms with Gasteiger partial charge in [-0.2, -0.15) is 0 Å². The summed E-state index contributed by atoms with van der Waals surface area (Å²) < 4.78 is 0. The Morgan fingerprint density at radius 2 is 1.96 bits per heavy atom. The summed E-state index contributed by atoms with van der Waals surface area (Å²) in [5.41, 5.74) is 2.98. The molecule has 3 N–H and O–H groups in total. The Bertz CT molecular complexity index is 543. The first-order valence-corrected chi connectivity index (χ1v) is 10.7. The van der Waals surface area contributed by atoms with Crippen molar-refractivity contribution in [1.29, 1.82) is 0 Å². The Kier molecular flexibility index (Phi) is 11.2. The summed E-state index contributed by atoms with van der Waals surface area (Å²) in [4.78, 5) is 13.1. The number of amides is 1. The van der Waals surface area contributed by atoms with Crippen LogP contribution < -0.4 is 15.5 Å². The molecule has 1 aliphatic rings. The van der Waals surface area contributed by atoms with Crippen LogP contribution in [-0.4, -0.2) is 50.8 Å². The van der Waals surface area contributed by atoms with E-state index < -0.39 is 0 Å². The van der Waals surface area contributed by atoms with Gasteiger partial charge in [0.05, 0.1) is 6.61 Å². The highest BCUT2D eigenvalue weighted by Crippen LogP contribution is 2.39. The lowest BCUT2D eigenvalue weighted by atomic mass is 9.73. The number of benzene rings is 1. The number of nitrogens with zero attached hydrogens (tertiary/aromatic N) is 1. The summed E-state index contributed by atoms with van der Waals surface area (Å²) >= 11 is 0. The van der Waals surface area contributed by atoms with Crippen molar-refractivity contribution >= 4 is 12.1 Å². The van der Waals surface area contributed by atoms with Gasteiger partial charge < -0.3 is 20.6 Å². The molecule has 160 valence electrons. The third-order valence-corrected chi connectivity index (χ3v) is 5.81. The van der Waals surface area contributed by atoms with Crippen LogP contribution in [0.1, 0.15) is 52.5 Å².